The van der Waals surface area contributed by atoms with E-state index in [-0.39, 0.29) is 11.8 Å². The van der Waals surface area contributed by atoms with Crippen molar-refractivity contribution < 1.29 is 19.4 Å². The Bertz CT molecular complexity index is 681. The van der Waals surface area contributed by atoms with Gasteiger partial charge in [0, 0.05) is 11.6 Å². The van der Waals surface area contributed by atoms with Crippen molar-refractivity contribution in [3.05, 3.63) is 24.3 Å². The maximum Gasteiger partial charge on any atom is 0.347 e. The predicted molar refractivity (Wildman–Crippen MR) is 97.9 cm³/mol. The zero-order valence-corrected chi connectivity index (χ0v) is 15.4. The van der Waals surface area contributed by atoms with Crippen LogP contribution in [0.5, 0.6) is 5.75 Å². The summed E-state index contributed by atoms with van der Waals surface area (Å²) < 4.78 is 5.50. The van der Waals surface area contributed by atoms with Crippen molar-refractivity contribution in [1.82, 2.24) is 0 Å². The Morgan fingerprint density at radius 2 is 1.54 bits per heavy atom. The third-order valence-electron chi connectivity index (χ3n) is 6.54. The Hall–Kier alpha value is -2.04. The number of carboxylic acids is 1. The fraction of sp³-hybridized carbons (Fsp3) is 0.619. The number of carbonyl (C=O) groups is 2. The van der Waals surface area contributed by atoms with Gasteiger partial charge < -0.3 is 15.2 Å². The molecule has 4 fully saturated rings. The molecule has 5 heteroatoms. The van der Waals surface area contributed by atoms with Crippen molar-refractivity contribution in [1.29, 1.82) is 0 Å². The summed E-state index contributed by atoms with van der Waals surface area (Å²) >= 11 is 0. The number of hydrogen-bond donors (Lipinski definition) is 2. The van der Waals surface area contributed by atoms with Gasteiger partial charge in [-0.3, -0.25) is 4.79 Å². The number of amides is 1. The smallest absolute Gasteiger partial charge is 0.347 e. The number of carboxylic acid groups (broad SMARTS) is 1. The molecule has 1 amide bonds. The molecule has 0 aromatic heterocycles. The molecule has 4 aliphatic rings. The van der Waals surface area contributed by atoms with Crippen LogP contribution in [0.2, 0.25) is 0 Å². The van der Waals surface area contributed by atoms with Crippen molar-refractivity contribution >= 4 is 17.6 Å². The Labute approximate surface area is 154 Å². The lowest BCUT2D eigenvalue weighted by molar-refractivity contribution is -0.152. The first-order valence-corrected chi connectivity index (χ1v) is 9.65. The predicted octanol–water partition coefficient (Wildman–Crippen LogP) is 3.94. The van der Waals surface area contributed by atoms with Gasteiger partial charge in [0.2, 0.25) is 5.91 Å². The SMILES string of the molecule is CC(C)(Oc1ccc(NC(=O)C2C3CC4CC(C3)CC2C4)cc1)C(=O)O. The van der Waals surface area contributed by atoms with Crippen LogP contribution in [-0.4, -0.2) is 22.6 Å². The van der Waals surface area contributed by atoms with E-state index < -0.39 is 11.6 Å². The van der Waals surface area contributed by atoms with Gasteiger partial charge in [-0.15, -0.1) is 0 Å². The maximum absolute atomic E-state index is 12.9. The lowest BCUT2D eigenvalue weighted by Crippen LogP contribution is -2.49. The first-order valence-electron chi connectivity index (χ1n) is 9.65. The summed E-state index contributed by atoms with van der Waals surface area (Å²) in [6.07, 6.45) is 6.28. The molecule has 4 bridgehead atoms. The number of nitrogens with one attached hydrogen (secondary N) is 1. The summed E-state index contributed by atoms with van der Waals surface area (Å²) in [4.78, 5) is 24.0. The number of carbonyl (C=O) groups excluding carboxylic acids is 1. The molecule has 0 spiro atoms. The molecule has 0 heterocycles. The highest BCUT2D eigenvalue weighted by molar-refractivity contribution is 5.93. The number of hydrogen-bond acceptors (Lipinski definition) is 3. The van der Waals surface area contributed by atoms with Crippen LogP contribution in [0, 0.1) is 29.6 Å². The van der Waals surface area contributed by atoms with E-state index in [1.165, 1.54) is 46.0 Å². The number of benzene rings is 1. The zero-order chi connectivity index (χ0) is 18.5. The topological polar surface area (TPSA) is 75.6 Å². The van der Waals surface area contributed by atoms with Gasteiger partial charge in [-0.25, -0.2) is 4.79 Å². The molecule has 0 unspecified atom stereocenters. The van der Waals surface area contributed by atoms with E-state index in [2.05, 4.69) is 5.32 Å². The van der Waals surface area contributed by atoms with Crippen LogP contribution in [0.3, 0.4) is 0 Å². The minimum Gasteiger partial charge on any atom is -0.478 e. The monoisotopic (exact) mass is 357 g/mol. The summed E-state index contributed by atoms with van der Waals surface area (Å²) in [5.41, 5.74) is -0.546. The van der Waals surface area contributed by atoms with E-state index in [1.807, 2.05) is 0 Å². The molecule has 0 aliphatic heterocycles. The van der Waals surface area contributed by atoms with E-state index in [9.17, 15) is 9.59 Å². The Morgan fingerprint density at radius 3 is 2.04 bits per heavy atom. The molecule has 4 aliphatic carbocycles. The molecular formula is C21H27NO4. The van der Waals surface area contributed by atoms with Crippen LogP contribution in [0.15, 0.2) is 24.3 Å². The van der Waals surface area contributed by atoms with Crippen molar-refractivity contribution in [2.24, 2.45) is 29.6 Å². The highest BCUT2D eigenvalue weighted by Gasteiger charge is 2.50. The van der Waals surface area contributed by atoms with Crippen LogP contribution < -0.4 is 10.1 Å². The largest absolute Gasteiger partial charge is 0.478 e. The lowest BCUT2D eigenvalue weighted by atomic mass is 9.51. The van der Waals surface area contributed by atoms with Crippen molar-refractivity contribution in [2.75, 3.05) is 5.32 Å². The lowest BCUT2D eigenvalue weighted by Gasteiger charge is -2.53. The molecule has 2 N–H and O–H groups in total. The van der Waals surface area contributed by atoms with Crippen molar-refractivity contribution in [3.63, 3.8) is 0 Å². The normalized spacial score (nSPS) is 32.3. The molecule has 4 saturated carbocycles. The molecular weight excluding hydrogens is 330 g/mol. The van der Waals surface area contributed by atoms with Gasteiger partial charge in [0.05, 0.1) is 0 Å². The van der Waals surface area contributed by atoms with Gasteiger partial charge in [0.25, 0.3) is 0 Å². The molecule has 0 radical (unpaired) electrons. The summed E-state index contributed by atoms with van der Waals surface area (Å²) in [6.45, 7) is 3.02. The van der Waals surface area contributed by atoms with Crippen LogP contribution in [0.4, 0.5) is 5.69 Å². The first-order chi connectivity index (χ1) is 12.3. The number of aliphatic carboxylic acids is 1. The second kappa shape index (κ2) is 6.29. The number of anilines is 1. The maximum atomic E-state index is 12.9. The minimum absolute atomic E-state index is 0.151. The summed E-state index contributed by atoms with van der Waals surface area (Å²) in [6, 6.07) is 6.97. The molecule has 0 atom stereocenters. The van der Waals surface area contributed by atoms with E-state index in [0.717, 1.165) is 17.5 Å². The molecule has 5 rings (SSSR count). The van der Waals surface area contributed by atoms with Gasteiger partial charge in [-0.1, -0.05) is 0 Å². The van der Waals surface area contributed by atoms with E-state index in [0.29, 0.717) is 17.6 Å². The van der Waals surface area contributed by atoms with Crippen LogP contribution >= 0.6 is 0 Å². The Balaban J connectivity index is 1.40. The number of rotatable bonds is 5. The fourth-order valence-electron chi connectivity index (χ4n) is 5.52. The molecule has 0 saturated heterocycles. The van der Waals surface area contributed by atoms with Gasteiger partial charge in [-0.2, -0.15) is 0 Å². The van der Waals surface area contributed by atoms with Crippen LogP contribution in [0.25, 0.3) is 0 Å². The van der Waals surface area contributed by atoms with Gasteiger partial charge in [0.15, 0.2) is 5.60 Å². The van der Waals surface area contributed by atoms with Crippen LogP contribution in [0.1, 0.15) is 46.0 Å². The van der Waals surface area contributed by atoms with Crippen molar-refractivity contribution in [2.45, 2.75) is 51.6 Å². The second-order valence-electron chi connectivity index (χ2n) is 8.89. The summed E-state index contributed by atoms with van der Waals surface area (Å²) in [5.74, 6) is 2.60. The summed E-state index contributed by atoms with van der Waals surface area (Å²) in [5, 5.41) is 12.2. The highest BCUT2D eigenvalue weighted by atomic mass is 16.5. The van der Waals surface area contributed by atoms with Gasteiger partial charge in [-0.05, 0) is 93.9 Å². The third kappa shape index (κ3) is 3.19. The third-order valence-corrected chi connectivity index (χ3v) is 6.54. The molecule has 140 valence electrons. The zero-order valence-electron chi connectivity index (χ0n) is 15.4. The molecule has 1 aromatic rings. The number of ether oxygens (including phenoxy) is 1. The molecule has 1 aromatic carbocycles. The van der Waals surface area contributed by atoms with E-state index >= 15 is 0 Å². The first kappa shape index (κ1) is 17.4. The van der Waals surface area contributed by atoms with E-state index in [1.54, 1.807) is 24.3 Å². The average Bonchev–Trinajstić information content (AvgIpc) is 2.55. The molecule has 26 heavy (non-hydrogen) atoms. The minimum atomic E-state index is -1.29. The average molecular weight is 357 g/mol. The van der Waals surface area contributed by atoms with Gasteiger partial charge in [0.1, 0.15) is 5.75 Å². The van der Waals surface area contributed by atoms with Gasteiger partial charge >= 0.3 is 5.97 Å². The fourth-order valence-corrected chi connectivity index (χ4v) is 5.52. The second-order valence-corrected chi connectivity index (χ2v) is 8.89. The van der Waals surface area contributed by atoms with Crippen molar-refractivity contribution in [3.8, 4) is 5.75 Å². The van der Waals surface area contributed by atoms with Crippen LogP contribution in [-0.2, 0) is 9.59 Å². The molecule has 5 nitrogen and oxygen atoms in total. The van der Waals surface area contributed by atoms with E-state index in [4.69, 9.17) is 9.84 Å². The Kier molecular flexibility index (Phi) is 4.20. The quantitative estimate of drug-likeness (QED) is 0.837. The standard InChI is InChI=1S/C21H27NO4/c1-21(2,20(24)25)26-17-5-3-16(4-6-17)22-19(23)18-14-8-12-7-13(10-14)11-15(18)9-12/h3-6,12-15,18H,7-11H2,1-2H3,(H,22,23)(H,24,25). The Morgan fingerprint density at radius 1 is 1.00 bits per heavy atom. The summed E-state index contributed by atoms with van der Waals surface area (Å²) in [7, 11) is 0. The highest BCUT2D eigenvalue weighted by Crippen LogP contribution is 2.56.